The van der Waals surface area contributed by atoms with E-state index in [9.17, 15) is 9.18 Å². The maximum atomic E-state index is 14.3. The monoisotopic (exact) mass is 383 g/mol. The summed E-state index contributed by atoms with van der Waals surface area (Å²) in [5, 5.41) is 5.14. The summed E-state index contributed by atoms with van der Waals surface area (Å²) in [5.41, 5.74) is 3.60. The van der Waals surface area contributed by atoms with Gasteiger partial charge in [0.2, 0.25) is 0 Å². The van der Waals surface area contributed by atoms with Crippen molar-refractivity contribution < 1.29 is 9.18 Å². The van der Waals surface area contributed by atoms with Crippen LogP contribution in [0.25, 0.3) is 5.69 Å². The van der Waals surface area contributed by atoms with Crippen LogP contribution in [0.3, 0.4) is 0 Å². The van der Waals surface area contributed by atoms with Crippen LogP contribution in [0, 0.1) is 5.82 Å². The van der Waals surface area contributed by atoms with Gasteiger partial charge in [0.25, 0.3) is 5.91 Å². The molecule has 4 rings (SSSR count). The van der Waals surface area contributed by atoms with Crippen molar-refractivity contribution in [2.45, 2.75) is 25.8 Å². The van der Waals surface area contributed by atoms with Crippen molar-refractivity contribution in [3.63, 3.8) is 0 Å². The zero-order valence-corrected chi connectivity index (χ0v) is 15.7. The molecule has 0 saturated carbocycles. The number of hydrogen-bond acceptors (Lipinski definition) is 2. The summed E-state index contributed by atoms with van der Waals surface area (Å²) in [6.07, 6.45) is 2.53. The highest BCUT2D eigenvalue weighted by Gasteiger charge is 2.29. The highest BCUT2D eigenvalue weighted by molar-refractivity contribution is 6.30. The van der Waals surface area contributed by atoms with E-state index in [1.54, 1.807) is 40.9 Å². The van der Waals surface area contributed by atoms with Gasteiger partial charge in [-0.05, 0) is 49.1 Å². The maximum absolute atomic E-state index is 14.3. The first-order chi connectivity index (χ1) is 13.0. The largest absolute Gasteiger partial charge is 0.336 e. The second-order valence-corrected chi connectivity index (χ2v) is 7.22. The number of aromatic nitrogens is 2. The smallest absolute Gasteiger partial charge is 0.274 e. The molecular weight excluding hydrogens is 365 g/mol. The molecule has 2 aromatic carbocycles. The van der Waals surface area contributed by atoms with Crippen molar-refractivity contribution in [1.29, 1.82) is 0 Å². The molecule has 1 heterocycles. The fourth-order valence-corrected chi connectivity index (χ4v) is 3.81. The van der Waals surface area contributed by atoms with Crippen molar-refractivity contribution in [2.24, 2.45) is 0 Å². The highest BCUT2D eigenvalue weighted by Crippen LogP contribution is 2.29. The van der Waals surface area contributed by atoms with E-state index >= 15 is 0 Å². The van der Waals surface area contributed by atoms with Gasteiger partial charge >= 0.3 is 0 Å². The Kier molecular flexibility index (Phi) is 4.70. The van der Waals surface area contributed by atoms with Gasteiger partial charge in [-0.1, -0.05) is 35.9 Å². The molecule has 0 bridgehead atoms. The van der Waals surface area contributed by atoms with Gasteiger partial charge in [-0.3, -0.25) is 4.79 Å². The first kappa shape index (κ1) is 17.7. The number of rotatable bonds is 4. The summed E-state index contributed by atoms with van der Waals surface area (Å²) < 4.78 is 15.9. The normalized spacial score (nSPS) is 12.9. The third-order valence-corrected chi connectivity index (χ3v) is 5.10. The van der Waals surface area contributed by atoms with Crippen LogP contribution >= 0.6 is 11.6 Å². The first-order valence-electron chi connectivity index (χ1n) is 8.90. The molecule has 0 fully saturated rings. The third kappa shape index (κ3) is 3.35. The molecule has 0 spiro atoms. The molecule has 6 heteroatoms. The summed E-state index contributed by atoms with van der Waals surface area (Å²) >= 11 is 6.03. The van der Waals surface area contributed by atoms with Crippen LogP contribution in [0.4, 0.5) is 4.39 Å². The van der Waals surface area contributed by atoms with Crippen LogP contribution in [0.15, 0.2) is 48.5 Å². The standard InChI is InChI=1S/C21H19ClFN3O/c1-25(13-14-6-4-7-15(22)12-14)21(27)20-16-8-5-11-18(16)26(24-20)19-10-3-2-9-17(19)23/h2-4,6-7,9-10,12H,5,8,11,13H2,1H3. The van der Waals surface area contributed by atoms with E-state index in [0.29, 0.717) is 22.9 Å². The molecule has 138 valence electrons. The molecule has 4 nitrogen and oxygen atoms in total. The Morgan fingerprint density at radius 2 is 2.04 bits per heavy atom. The lowest BCUT2D eigenvalue weighted by Gasteiger charge is -2.17. The highest BCUT2D eigenvalue weighted by atomic mass is 35.5. The fourth-order valence-electron chi connectivity index (χ4n) is 3.59. The molecule has 0 saturated heterocycles. The van der Waals surface area contributed by atoms with E-state index in [1.807, 2.05) is 18.2 Å². The first-order valence-corrected chi connectivity index (χ1v) is 9.28. The van der Waals surface area contributed by atoms with Crippen molar-refractivity contribution in [3.8, 4) is 5.69 Å². The Morgan fingerprint density at radius 3 is 2.81 bits per heavy atom. The molecular formula is C21H19ClFN3O. The summed E-state index contributed by atoms with van der Waals surface area (Å²) in [4.78, 5) is 14.7. The number of amides is 1. The zero-order chi connectivity index (χ0) is 19.0. The minimum absolute atomic E-state index is 0.164. The number of benzene rings is 2. The third-order valence-electron chi connectivity index (χ3n) is 4.87. The quantitative estimate of drug-likeness (QED) is 0.668. The van der Waals surface area contributed by atoms with E-state index in [2.05, 4.69) is 5.10 Å². The SMILES string of the molecule is CN(Cc1cccc(Cl)c1)C(=O)c1nn(-c2ccccc2F)c2c1CCC2. The van der Waals surface area contributed by atoms with E-state index in [0.717, 1.165) is 36.1 Å². The van der Waals surface area contributed by atoms with Crippen molar-refractivity contribution >= 4 is 17.5 Å². The Morgan fingerprint density at radius 1 is 1.22 bits per heavy atom. The van der Waals surface area contributed by atoms with E-state index < -0.39 is 0 Å². The van der Waals surface area contributed by atoms with Crippen molar-refractivity contribution in [3.05, 3.63) is 81.9 Å². The topological polar surface area (TPSA) is 38.1 Å². The average molecular weight is 384 g/mol. The summed E-state index contributed by atoms with van der Waals surface area (Å²) in [6, 6.07) is 13.9. The van der Waals surface area contributed by atoms with Gasteiger partial charge < -0.3 is 4.90 Å². The number of nitrogens with zero attached hydrogens (tertiary/aromatic N) is 3. The Labute approximate surface area is 162 Å². The summed E-state index contributed by atoms with van der Waals surface area (Å²) in [5.74, 6) is -0.510. The fraction of sp³-hybridized carbons (Fsp3) is 0.238. The lowest BCUT2D eigenvalue weighted by Crippen LogP contribution is -2.27. The molecule has 1 aliphatic rings. The minimum atomic E-state index is -0.346. The van der Waals surface area contributed by atoms with Crippen LogP contribution in [0.2, 0.25) is 5.02 Å². The number of fused-ring (bicyclic) bond motifs is 1. The van der Waals surface area contributed by atoms with Crippen LogP contribution in [0.5, 0.6) is 0 Å². The molecule has 0 unspecified atom stereocenters. The molecule has 0 atom stereocenters. The molecule has 0 aliphatic heterocycles. The lowest BCUT2D eigenvalue weighted by molar-refractivity contribution is 0.0777. The van der Waals surface area contributed by atoms with E-state index in [1.165, 1.54) is 6.07 Å². The molecule has 27 heavy (non-hydrogen) atoms. The molecule has 0 N–H and O–H groups in total. The maximum Gasteiger partial charge on any atom is 0.274 e. The van der Waals surface area contributed by atoms with E-state index in [4.69, 9.17) is 11.6 Å². The number of carbonyl (C=O) groups excluding carboxylic acids is 1. The van der Waals surface area contributed by atoms with Gasteiger partial charge in [-0.2, -0.15) is 5.10 Å². The lowest BCUT2D eigenvalue weighted by atomic mass is 10.1. The molecule has 0 radical (unpaired) electrons. The van der Waals surface area contributed by atoms with Crippen molar-refractivity contribution in [2.75, 3.05) is 7.05 Å². The molecule has 1 amide bonds. The zero-order valence-electron chi connectivity index (χ0n) is 15.0. The predicted molar refractivity (Wildman–Crippen MR) is 103 cm³/mol. The van der Waals surface area contributed by atoms with Gasteiger partial charge in [-0.25, -0.2) is 9.07 Å². The van der Waals surface area contributed by atoms with Crippen LogP contribution in [-0.2, 0) is 19.4 Å². The molecule has 1 aromatic heterocycles. The van der Waals surface area contributed by atoms with Crippen molar-refractivity contribution in [1.82, 2.24) is 14.7 Å². The average Bonchev–Trinajstić information content (AvgIpc) is 3.24. The molecule has 1 aliphatic carbocycles. The second-order valence-electron chi connectivity index (χ2n) is 6.78. The van der Waals surface area contributed by atoms with Crippen LogP contribution in [0.1, 0.15) is 33.7 Å². The second kappa shape index (κ2) is 7.16. The van der Waals surface area contributed by atoms with Crippen LogP contribution < -0.4 is 0 Å². The van der Waals surface area contributed by atoms with E-state index in [-0.39, 0.29) is 11.7 Å². The summed E-state index contributed by atoms with van der Waals surface area (Å²) in [7, 11) is 1.74. The molecule has 3 aromatic rings. The van der Waals surface area contributed by atoms with Gasteiger partial charge in [0.05, 0.1) is 0 Å². The minimum Gasteiger partial charge on any atom is -0.336 e. The van der Waals surface area contributed by atoms with Gasteiger partial charge in [0, 0.05) is 29.9 Å². The number of para-hydroxylation sites is 1. The number of carbonyl (C=O) groups is 1. The van der Waals surface area contributed by atoms with Gasteiger partial charge in [0.15, 0.2) is 5.69 Å². The number of halogens is 2. The Hall–Kier alpha value is -2.66. The number of hydrogen-bond donors (Lipinski definition) is 0. The van der Waals surface area contributed by atoms with Gasteiger partial charge in [-0.15, -0.1) is 0 Å². The Balaban J connectivity index is 1.67. The van der Waals surface area contributed by atoms with Gasteiger partial charge in [0.1, 0.15) is 11.5 Å². The summed E-state index contributed by atoms with van der Waals surface area (Å²) in [6.45, 7) is 0.431. The van der Waals surface area contributed by atoms with Crippen LogP contribution in [-0.4, -0.2) is 27.6 Å². The Bertz CT molecular complexity index is 1010. The predicted octanol–water partition coefficient (Wildman–Crippen LogP) is 4.43.